The van der Waals surface area contributed by atoms with Crippen LogP contribution in [-0.4, -0.2) is 5.91 Å². The zero-order chi connectivity index (χ0) is 22.7. The molecular weight excluding hydrogens is 406 g/mol. The van der Waals surface area contributed by atoms with Crippen molar-refractivity contribution in [2.75, 3.05) is 0 Å². The SMILES string of the molecule is C=C/C(Cl)=C\C(=C)C(=C)c1oc(C(=O)N[C@H]2CCc3ccccc32)c(C(C)C)c1C=C. The van der Waals surface area contributed by atoms with Gasteiger partial charge < -0.3 is 9.73 Å². The van der Waals surface area contributed by atoms with E-state index in [2.05, 4.69) is 43.8 Å². The van der Waals surface area contributed by atoms with Crippen LogP contribution >= 0.6 is 11.6 Å². The van der Waals surface area contributed by atoms with Gasteiger partial charge in [0.05, 0.1) is 6.04 Å². The number of carbonyl (C=O) groups is 1. The lowest BCUT2D eigenvalue weighted by molar-refractivity contribution is 0.0906. The van der Waals surface area contributed by atoms with E-state index in [1.807, 2.05) is 26.0 Å². The van der Waals surface area contributed by atoms with Crippen LogP contribution < -0.4 is 5.32 Å². The second-order valence-corrected chi connectivity index (χ2v) is 8.38. The van der Waals surface area contributed by atoms with E-state index in [9.17, 15) is 4.79 Å². The molecule has 0 radical (unpaired) electrons. The summed E-state index contributed by atoms with van der Waals surface area (Å²) in [6.07, 6.45) is 6.71. The third-order valence-electron chi connectivity index (χ3n) is 5.58. The average Bonchev–Trinajstić information content (AvgIpc) is 3.34. The molecule has 1 amide bonds. The number of hydrogen-bond donors (Lipinski definition) is 1. The zero-order valence-corrected chi connectivity index (χ0v) is 18.9. The Morgan fingerprint density at radius 3 is 2.58 bits per heavy atom. The van der Waals surface area contributed by atoms with E-state index in [4.69, 9.17) is 16.0 Å². The van der Waals surface area contributed by atoms with Crippen molar-refractivity contribution in [3.8, 4) is 0 Å². The molecule has 1 aliphatic rings. The highest BCUT2D eigenvalue weighted by Crippen LogP contribution is 2.37. The maximum Gasteiger partial charge on any atom is 0.287 e. The minimum Gasteiger partial charge on any atom is -0.450 e. The fourth-order valence-corrected chi connectivity index (χ4v) is 4.15. The number of halogens is 1. The molecule has 0 saturated heterocycles. The van der Waals surface area contributed by atoms with Crippen molar-refractivity contribution in [2.45, 2.75) is 38.6 Å². The normalized spacial score (nSPS) is 15.5. The van der Waals surface area contributed by atoms with Gasteiger partial charge in [-0.05, 0) is 41.5 Å². The molecule has 3 nitrogen and oxygen atoms in total. The molecule has 0 unspecified atom stereocenters. The molecule has 1 heterocycles. The van der Waals surface area contributed by atoms with E-state index in [0.717, 1.165) is 24.0 Å². The molecule has 31 heavy (non-hydrogen) atoms. The van der Waals surface area contributed by atoms with Gasteiger partial charge in [0.2, 0.25) is 0 Å². The Hall–Kier alpha value is -3.04. The van der Waals surface area contributed by atoms with Gasteiger partial charge in [-0.25, -0.2) is 0 Å². The number of hydrogen-bond acceptors (Lipinski definition) is 2. The minimum atomic E-state index is -0.238. The molecule has 0 spiro atoms. The summed E-state index contributed by atoms with van der Waals surface area (Å²) >= 11 is 6.07. The maximum absolute atomic E-state index is 13.3. The van der Waals surface area contributed by atoms with Crippen LogP contribution in [0.3, 0.4) is 0 Å². The number of aryl methyl sites for hydroxylation is 1. The number of amides is 1. The Kier molecular flexibility index (Phi) is 6.87. The predicted molar refractivity (Wildman–Crippen MR) is 130 cm³/mol. The fourth-order valence-electron chi connectivity index (χ4n) is 4.01. The third kappa shape index (κ3) is 4.52. The summed E-state index contributed by atoms with van der Waals surface area (Å²) in [6, 6.07) is 8.18. The van der Waals surface area contributed by atoms with E-state index in [0.29, 0.717) is 21.9 Å². The van der Waals surface area contributed by atoms with Crippen molar-refractivity contribution in [1.82, 2.24) is 5.32 Å². The van der Waals surface area contributed by atoms with Crippen molar-refractivity contribution in [3.05, 3.63) is 107 Å². The van der Waals surface area contributed by atoms with Gasteiger partial charge in [-0.2, -0.15) is 0 Å². The lowest BCUT2D eigenvalue weighted by atomic mass is 9.94. The number of nitrogens with one attached hydrogen (secondary N) is 1. The summed E-state index contributed by atoms with van der Waals surface area (Å²) in [4.78, 5) is 13.3. The van der Waals surface area contributed by atoms with Crippen molar-refractivity contribution in [3.63, 3.8) is 0 Å². The van der Waals surface area contributed by atoms with Crippen LogP contribution in [0, 0.1) is 0 Å². The summed E-state index contributed by atoms with van der Waals surface area (Å²) in [5, 5.41) is 3.60. The third-order valence-corrected chi connectivity index (χ3v) is 5.84. The molecule has 1 aromatic heterocycles. The van der Waals surface area contributed by atoms with Gasteiger partial charge >= 0.3 is 0 Å². The molecule has 1 aromatic carbocycles. The Morgan fingerprint density at radius 2 is 1.94 bits per heavy atom. The molecule has 0 fully saturated rings. The van der Waals surface area contributed by atoms with Crippen molar-refractivity contribution >= 4 is 29.2 Å². The summed E-state index contributed by atoms with van der Waals surface area (Å²) in [7, 11) is 0. The number of carbonyl (C=O) groups excluding carboxylic acids is 1. The smallest absolute Gasteiger partial charge is 0.287 e. The molecule has 0 bridgehead atoms. The lowest BCUT2D eigenvalue weighted by Crippen LogP contribution is -2.27. The van der Waals surface area contributed by atoms with Crippen LogP contribution in [0.4, 0.5) is 0 Å². The number of benzene rings is 1. The van der Waals surface area contributed by atoms with Crippen LogP contribution in [0.15, 0.2) is 77.8 Å². The number of furan rings is 1. The first kappa shape index (κ1) is 22.6. The monoisotopic (exact) mass is 433 g/mol. The average molecular weight is 434 g/mol. The quantitative estimate of drug-likeness (QED) is 0.442. The molecule has 1 atom stereocenters. The number of allylic oxidation sites excluding steroid dienone is 5. The second kappa shape index (κ2) is 9.40. The van der Waals surface area contributed by atoms with Crippen LogP contribution in [0.25, 0.3) is 11.6 Å². The van der Waals surface area contributed by atoms with Crippen LogP contribution in [-0.2, 0) is 6.42 Å². The van der Waals surface area contributed by atoms with Gasteiger partial charge in [0.1, 0.15) is 5.76 Å². The van der Waals surface area contributed by atoms with Gasteiger partial charge in [0, 0.05) is 21.7 Å². The van der Waals surface area contributed by atoms with Gasteiger partial charge in [-0.15, -0.1) is 0 Å². The van der Waals surface area contributed by atoms with Crippen LogP contribution in [0.1, 0.15) is 70.8 Å². The standard InChI is InChI=1S/C27H28ClNO2/c1-7-20(28)15-17(5)18(6)25-21(8-2)24(16(3)4)26(31-25)27(30)29-23-14-13-19-11-9-10-12-22(19)23/h7-12,15-16,23H,1-2,5-6,13-14H2,3-4H3,(H,29,30)/b20-15+/t23-/m0/s1. The topological polar surface area (TPSA) is 42.2 Å². The highest BCUT2D eigenvalue weighted by atomic mass is 35.5. The number of rotatable bonds is 8. The predicted octanol–water partition coefficient (Wildman–Crippen LogP) is 7.34. The Bertz CT molecular complexity index is 1100. The first-order valence-electron chi connectivity index (χ1n) is 10.3. The van der Waals surface area contributed by atoms with E-state index < -0.39 is 0 Å². The summed E-state index contributed by atoms with van der Waals surface area (Å²) in [5.41, 5.74) is 5.12. The van der Waals surface area contributed by atoms with Crippen molar-refractivity contribution in [2.24, 2.45) is 0 Å². The highest BCUT2D eigenvalue weighted by Gasteiger charge is 2.30. The molecule has 1 aliphatic carbocycles. The Balaban J connectivity index is 1.98. The van der Waals surface area contributed by atoms with E-state index in [1.54, 1.807) is 12.2 Å². The fraction of sp³-hybridized carbons (Fsp3) is 0.222. The van der Waals surface area contributed by atoms with Gasteiger partial charge in [-0.3, -0.25) is 4.79 Å². The van der Waals surface area contributed by atoms with Gasteiger partial charge in [-0.1, -0.05) is 88.2 Å². The Labute approximate surface area is 189 Å². The van der Waals surface area contributed by atoms with Crippen LogP contribution in [0.2, 0.25) is 0 Å². The van der Waals surface area contributed by atoms with Crippen molar-refractivity contribution in [1.29, 1.82) is 0 Å². The van der Waals surface area contributed by atoms with Gasteiger partial charge in [0.15, 0.2) is 5.76 Å². The number of fused-ring (bicyclic) bond motifs is 1. The molecule has 2 aromatic rings. The summed E-state index contributed by atoms with van der Waals surface area (Å²) in [5.74, 6) is 0.579. The maximum atomic E-state index is 13.3. The molecule has 4 heteroatoms. The summed E-state index contributed by atoms with van der Waals surface area (Å²) in [6.45, 7) is 19.8. The minimum absolute atomic E-state index is 0.0306. The van der Waals surface area contributed by atoms with E-state index >= 15 is 0 Å². The van der Waals surface area contributed by atoms with E-state index in [-0.39, 0.29) is 23.6 Å². The molecular formula is C27H28ClNO2. The van der Waals surface area contributed by atoms with Crippen molar-refractivity contribution < 1.29 is 9.21 Å². The highest BCUT2D eigenvalue weighted by molar-refractivity contribution is 6.31. The van der Waals surface area contributed by atoms with Gasteiger partial charge in [0.25, 0.3) is 5.91 Å². The van der Waals surface area contributed by atoms with Crippen LogP contribution in [0.5, 0.6) is 0 Å². The Morgan fingerprint density at radius 1 is 1.23 bits per heavy atom. The summed E-state index contributed by atoms with van der Waals surface area (Å²) < 4.78 is 6.11. The molecule has 0 saturated carbocycles. The second-order valence-electron chi connectivity index (χ2n) is 7.95. The first-order chi connectivity index (χ1) is 14.8. The first-order valence-corrected chi connectivity index (χ1v) is 10.7. The molecule has 3 rings (SSSR count). The largest absolute Gasteiger partial charge is 0.450 e. The lowest BCUT2D eigenvalue weighted by Gasteiger charge is -2.14. The van der Waals surface area contributed by atoms with E-state index in [1.165, 1.54) is 17.2 Å². The molecule has 1 N–H and O–H groups in total. The zero-order valence-electron chi connectivity index (χ0n) is 18.1. The molecule has 160 valence electrons. The molecule has 0 aliphatic heterocycles.